The molecule has 2 aromatic carbocycles. The van der Waals surface area contributed by atoms with E-state index in [1.807, 2.05) is 30.3 Å². The summed E-state index contributed by atoms with van der Waals surface area (Å²) in [4.78, 5) is 0. The largest absolute Gasteiger partial charge is 0.397 e. The molecule has 2 heteroatoms. The Morgan fingerprint density at radius 1 is 1.27 bits per heavy atom. The fourth-order valence-electron chi connectivity index (χ4n) is 1.86. The van der Waals surface area contributed by atoms with Gasteiger partial charge in [0.15, 0.2) is 0 Å². The Hall–Kier alpha value is -2.01. The third kappa shape index (κ3) is 1.42. The second-order valence-electron chi connectivity index (χ2n) is 3.51. The quantitative estimate of drug-likeness (QED) is 0.713. The van der Waals surface area contributed by atoms with Gasteiger partial charge in [0.1, 0.15) is 6.07 Å². The van der Waals surface area contributed by atoms with Crippen molar-refractivity contribution in [2.75, 3.05) is 5.73 Å². The van der Waals surface area contributed by atoms with Crippen LogP contribution in [0.3, 0.4) is 0 Å². The summed E-state index contributed by atoms with van der Waals surface area (Å²) in [6.07, 6.45) is 0.912. The molecule has 0 saturated carbocycles. The van der Waals surface area contributed by atoms with E-state index in [-0.39, 0.29) is 0 Å². The molecule has 0 spiro atoms. The first-order valence-corrected chi connectivity index (χ1v) is 4.98. The van der Waals surface area contributed by atoms with Gasteiger partial charge < -0.3 is 5.73 Å². The zero-order valence-corrected chi connectivity index (χ0v) is 8.62. The van der Waals surface area contributed by atoms with E-state index in [0.717, 1.165) is 17.2 Å². The molecule has 0 aromatic heterocycles. The van der Waals surface area contributed by atoms with Crippen LogP contribution in [0.5, 0.6) is 0 Å². The van der Waals surface area contributed by atoms with Crippen molar-refractivity contribution < 1.29 is 0 Å². The second kappa shape index (κ2) is 3.62. The molecule has 0 aliphatic carbocycles. The molecule has 2 aromatic rings. The number of rotatable bonds is 1. The van der Waals surface area contributed by atoms with E-state index in [1.54, 1.807) is 0 Å². The summed E-state index contributed by atoms with van der Waals surface area (Å²) in [7, 11) is 0. The van der Waals surface area contributed by atoms with Crippen LogP contribution in [-0.2, 0) is 6.42 Å². The van der Waals surface area contributed by atoms with Crippen LogP contribution in [0.2, 0.25) is 0 Å². The molecule has 0 radical (unpaired) electrons. The molecule has 0 bridgehead atoms. The highest BCUT2D eigenvalue weighted by Crippen LogP contribution is 2.28. The lowest BCUT2D eigenvalue weighted by Crippen LogP contribution is -1.95. The van der Waals surface area contributed by atoms with Crippen LogP contribution >= 0.6 is 0 Å². The second-order valence-corrected chi connectivity index (χ2v) is 3.51. The first kappa shape index (κ1) is 9.54. The zero-order chi connectivity index (χ0) is 10.8. The smallest absolute Gasteiger partial charge is 0.101 e. The van der Waals surface area contributed by atoms with Gasteiger partial charge in [-0.05, 0) is 23.4 Å². The molecule has 0 aliphatic rings. The monoisotopic (exact) mass is 196 g/mol. The number of anilines is 1. The van der Waals surface area contributed by atoms with E-state index < -0.39 is 0 Å². The molecule has 0 unspecified atom stereocenters. The Kier molecular flexibility index (Phi) is 2.31. The number of nitriles is 1. The van der Waals surface area contributed by atoms with Gasteiger partial charge in [0.05, 0.1) is 11.3 Å². The van der Waals surface area contributed by atoms with Crippen molar-refractivity contribution in [2.45, 2.75) is 13.3 Å². The van der Waals surface area contributed by atoms with Gasteiger partial charge in [-0.25, -0.2) is 0 Å². The summed E-state index contributed by atoms with van der Waals surface area (Å²) < 4.78 is 0. The van der Waals surface area contributed by atoms with Gasteiger partial charge in [0.25, 0.3) is 0 Å². The number of nitrogens with zero attached hydrogens (tertiary/aromatic N) is 1. The highest BCUT2D eigenvalue weighted by atomic mass is 14.6. The van der Waals surface area contributed by atoms with Gasteiger partial charge in [-0.3, -0.25) is 0 Å². The highest BCUT2D eigenvalue weighted by Gasteiger charge is 2.07. The summed E-state index contributed by atoms with van der Waals surface area (Å²) in [5.41, 5.74) is 8.27. The van der Waals surface area contributed by atoms with Crippen LogP contribution in [0.1, 0.15) is 18.1 Å². The number of nitrogen functional groups attached to an aromatic ring is 1. The maximum Gasteiger partial charge on any atom is 0.101 e. The summed E-state index contributed by atoms with van der Waals surface area (Å²) in [5.74, 6) is 0. The number of nitrogens with two attached hydrogens (primary N) is 1. The van der Waals surface area contributed by atoms with Crippen LogP contribution in [0, 0.1) is 11.3 Å². The number of aryl methyl sites for hydroxylation is 1. The van der Waals surface area contributed by atoms with E-state index in [1.165, 1.54) is 5.56 Å². The van der Waals surface area contributed by atoms with Gasteiger partial charge in [0, 0.05) is 5.39 Å². The van der Waals surface area contributed by atoms with E-state index in [9.17, 15) is 0 Å². The lowest BCUT2D eigenvalue weighted by molar-refractivity contribution is 1.16. The molecule has 0 fully saturated rings. The van der Waals surface area contributed by atoms with Crippen LogP contribution in [0.25, 0.3) is 10.8 Å². The summed E-state index contributed by atoms with van der Waals surface area (Å²) in [6, 6.07) is 12.0. The van der Waals surface area contributed by atoms with E-state index in [4.69, 9.17) is 11.0 Å². The summed E-state index contributed by atoms with van der Waals surface area (Å²) in [5, 5.41) is 11.1. The van der Waals surface area contributed by atoms with Crippen molar-refractivity contribution in [3.8, 4) is 6.07 Å². The molecule has 74 valence electrons. The number of fused-ring (bicyclic) bond motifs is 1. The van der Waals surface area contributed by atoms with Crippen molar-refractivity contribution in [1.29, 1.82) is 5.26 Å². The average molecular weight is 196 g/mol. The van der Waals surface area contributed by atoms with Crippen LogP contribution in [0.15, 0.2) is 30.3 Å². The van der Waals surface area contributed by atoms with E-state index in [2.05, 4.69) is 13.0 Å². The molecule has 0 amide bonds. The molecule has 0 saturated heterocycles. The van der Waals surface area contributed by atoms with Gasteiger partial charge >= 0.3 is 0 Å². The van der Waals surface area contributed by atoms with Crippen LogP contribution in [-0.4, -0.2) is 0 Å². The zero-order valence-electron chi connectivity index (χ0n) is 8.62. The van der Waals surface area contributed by atoms with Crippen molar-refractivity contribution in [3.05, 3.63) is 41.5 Å². The highest BCUT2D eigenvalue weighted by molar-refractivity contribution is 5.97. The minimum absolute atomic E-state index is 0.575. The third-order valence-corrected chi connectivity index (χ3v) is 2.67. The molecule has 2 N–H and O–H groups in total. The summed E-state index contributed by atoms with van der Waals surface area (Å²) >= 11 is 0. The van der Waals surface area contributed by atoms with Gasteiger partial charge in [0.2, 0.25) is 0 Å². The van der Waals surface area contributed by atoms with Crippen LogP contribution in [0.4, 0.5) is 5.69 Å². The SMILES string of the molecule is CCc1cc(C#N)c(N)c2ccccc12. The fraction of sp³-hybridized carbons (Fsp3) is 0.154. The molecule has 0 aliphatic heterocycles. The lowest BCUT2D eigenvalue weighted by Gasteiger charge is -2.08. The lowest BCUT2D eigenvalue weighted by atomic mass is 9.98. The Balaban J connectivity index is 2.92. The molecule has 2 nitrogen and oxygen atoms in total. The normalized spacial score (nSPS) is 10.1. The number of hydrogen-bond donors (Lipinski definition) is 1. The first-order chi connectivity index (χ1) is 7.27. The predicted octanol–water partition coefficient (Wildman–Crippen LogP) is 2.86. The van der Waals surface area contributed by atoms with Crippen molar-refractivity contribution in [2.24, 2.45) is 0 Å². The fourth-order valence-corrected chi connectivity index (χ4v) is 1.86. The maximum absolute atomic E-state index is 8.97. The summed E-state index contributed by atoms with van der Waals surface area (Å²) in [6.45, 7) is 2.08. The van der Waals surface area contributed by atoms with E-state index >= 15 is 0 Å². The standard InChI is InChI=1S/C13H12N2/c1-2-9-7-10(8-14)13(15)12-6-4-3-5-11(9)12/h3-7H,2,15H2,1H3. The Morgan fingerprint density at radius 2 is 1.93 bits per heavy atom. The predicted molar refractivity (Wildman–Crippen MR) is 62.5 cm³/mol. The number of benzene rings is 2. The van der Waals surface area contributed by atoms with Gasteiger partial charge in [-0.2, -0.15) is 5.26 Å². The van der Waals surface area contributed by atoms with E-state index in [0.29, 0.717) is 11.3 Å². The molecular weight excluding hydrogens is 184 g/mol. The van der Waals surface area contributed by atoms with Crippen LogP contribution < -0.4 is 5.73 Å². The molecule has 0 heterocycles. The van der Waals surface area contributed by atoms with Crippen molar-refractivity contribution in [1.82, 2.24) is 0 Å². The third-order valence-electron chi connectivity index (χ3n) is 2.67. The maximum atomic E-state index is 8.97. The molecule has 0 atom stereocenters. The average Bonchev–Trinajstić information content (AvgIpc) is 2.30. The Morgan fingerprint density at radius 3 is 2.53 bits per heavy atom. The molecule has 2 rings (SSSR count). The Labute approximate surface area is 88.9 Å². The topological polar surface area (TPSA) is 49.8 Å². The molecular formula is C13H12N2. The van der Waals surface area contributed by atoms with Crippen molar-refractivity contribution in [3.63, 3.8) is 0 Å². The van der Waals surface area contributed by atoms with Gasteiger partial charge in [-0.1, -0.05) is 31.2 Å². The minimum atomic E-state index is 0.575. The van der Waals surface area contributed by atoms with Gasteiger partial charge in [-0.15, -0.1) is 0 Å². The Bertz CT molecular complexity index is 550. The first-order valence-electron chi connectivity index (χ1n) is 4.98. The number of hydrogen-bond acceptors (Lipinski definition) is 2. The van der Waals surface area contributed by atoms with Crippen molar-refractivity contribution >= 4 is 16.5 Å². The minimum Gasteiger partial charge on any atom is -0.397 e. The molecule has 15 heavy (non-hydrogen) atoms.